The number of nitrogens with one attached hydrogen (secondary N) is 1. The second-order valence-electron chi connectivity index (χ2n) is 8.15. The van der Waals surface area contributed by atoms with Gasteiger partial charge in [0.15, 0.2) is 11.5 Å². The van der Waals surface area contributed by atoms with Gasteiger partial charge in [-0.1, -0.05) is 39.3 Å². The van der Waals surface area contributed by atoms with Gasteiger partial charge in [0, 0.05) is 25.8 Å². The third-order valence-corrected chi connectivity index (χ3v) is 5.55. The number of carbonyl (C=O) groups excluding carboxylic acids is 2. The Hall–Kier alpha value is -2.63. The summed E-state index contributed by atoms with van der Waals surface area (Å²) in [5, 5.41) is 2.95. The van der Waals surface area contributed by atoms with Crippen LogP contribution in [0.2, 0.25) is 0 Å². The van der Waals surface area contributed by atoms with Crippen molar-refractivity contribution in [2.45, 2.75) is 65.3 Å². The fourth-order valence-electron chi connectivity index (χ4n) is 3.70. The molecule has 0 aliphatic carbocycles. The second-order valence-corrected chi connectivity index (χ2v) is 8.15. The lowest BCUT2D eigenvalue weighted by Crippen LogP contribution is -2.31. The van der Waals surface area contributed by atoms with Gasteiger partial charge in [-0.25, -0.2) is 4.98 Å². The summed E-state index contributed by atoms with van der Waals surface area (Å²) in [6.45, 7) is 7.82. The zero-order valence-corrected chi connectivity index (χ0v) is 18.0. The molecule has 29 heavy (non-hydrogen) atoms. The van der Waals surface area contributed by atoms with Crippen LogP contribution in [0.15, 0.2) is 24.3 Å². The van der Waals surface area contributed by atoms with Gasteiger partial charge in [0.1, 0.15) is 0 Å². The molecule has 2 aromatic rings. The molecule has 1 aliphatic heterocycles. The molecule has 2 amide bonds. The monoisotopic (exact) mass is 396 g/mol. The average Bonchev–Trinajstić information content (AvgIpc) is 3.11. The zero-order valence-electron chi connectivity index (χ0n) is 18.0. The highest BCUT2D eigenvalue weighted by atomic mass is 16.2. The van der Waals surface area contributed by atoms with Crippen LogP contribution in [0.1, 0.15) is 84.7 Å². The van der Waals surface area contributed by atoms with Crippen molar-refractivity contribution in [3.63, 3.8) is 0 Å². The predicted molar refractivity (Wildman–Crippen MR) is 116 cm³/mol. The summed E-state index contributed by atoms with van der Waals surface area (Å²) in [5.41, 5.74) is 3.22. The van der Waals surface area contributed by atoms with Crippen LogP contribution in [0.3, 0.4) is 0 Å². The lowest BCUT2D eigenvalue weighted by atomic mass is 10.0. The Kier molecular flexibility index (Phi) is 6.72. The maximum atomic E-state index is 13.0. The van der Waals surface area contributed by atoms with Gasteiger partial charge < -0.3 is 14.8 Å². The van der Waals surface area contributed by atoms with Crippen molar-refractivity contribution >= 4 is 17.5 Å². The molecule has 1 aromatic heterocycles. The lowest BCUT2D eigenvalue weighted by molar-refractivity contribution is 0.0775. The minimum atomic E-state index is -0.247. The Morgan fingerprint density at radius 2 is 1.93 bits per heavy atom. The summed E-state index contributed by atoms with van der Waals surface area (Å²) >= 11 is 0. The fourth-order valence-corrected chi connectivity index (χ4v) is 3.70. The fraction of sp³-hybridized carbons (Fsp3) is 0.522. The van der Waals surface area contributed by atoms with E-state index in [4.69, 9.17) is 0 Å². The first-order valence-corrected chi connectivity index (χ1v) is 10.7. The van der Waals surface area contributed by atoms with E-state index in [0.717, 1.165) is 50.0 Å². The molecule has 3 rings (SSSR count). The van der Waals surface area contributed by atoms with E-state index in [1.54, 1.807) is 11.9 Å². The number of unbranched alkanes of at least 4 members (excludes halogenated alkanes) is 1. The highest BCUT2D eigenvalue weighted by Gasteiger charge is 2.28. The maximum absolute atomic E-state index is 13.0. The predicted octanol–water partition coefficient (Wildman–Crippen LogP) is 4.47. The Morgan fingerprint density at radius 1 is 1.21 bits per heavy atom. The van der Waals surface area contributed by atoms with E-state index in [1.807, 2.05) is 28.8 Å². The third kappa shape index (κ3) is 4.69. The second kappa shape index (κ2) is 9.25. The summed E-state index contributed by atoms with van der Waals surface area (Å²) in [7, 11) is 1.80. The van der Waals surface area contributed by atoms with E-state index in [9.17, 15) is 9.59 Å². The molecule has 0 spiro atoms. The van der Waals surface area contributed by atoms with Crippen LogP contribution in [-0.4, -0.2) is 39.9 Å². The summed E-state index contributed by atoms with van der Waals surface area (Å²) in [6, 6.07) is 7.89. The molecule has 0 radical (unpaired) electrons. The molecule has 0 unspecified atom stereocenters. The quantitative estimate of drug-likeness (QED) is 0.751. The minimum Gasteiger partial charge on any atom is -0.339 e. The third-order valence-electron chi connectivity index (χ3n) is 5.55. The topological polar surface area (TPSA) is 67.2 Å². The van der Waals surface area contributed by atoms with Crippen molar-refractivity contribution in [2.24, 2.45) is 0 Å². The van der Waals surface area contributed by atoms with Crippen LogP contribution in [0.4, 0.5) is 5.69 Å². The minimum absolute atomic E-state index is 0.109. The number of anilines is 1. The Labute approximate surface area is 173 Å². The van der Waals surface area contributed by atoms with E-state index in [-0.39, 0.29) is 11.8 Å². The average molecular weight is 397 g/mol. The molecule has 6 heteroatoms. The van der Waals surface area contributed by atoms with Crippen LogP contribution in [-0.2, 0) is 13.0 Å². The van der Waals surface area contributed by atoms with Crippen molar-refractivity contribution < 1.29 is 9.59 Å². The van der Waals surface area contributed by atoms with Crippen molar-refractivity contribution in [3.05, 3.63) is 47.0 Å². The van der Waals surface area contributed by atoms with Crippen LogP contribution in [0.5, 0.6) is 0 Å². The smallest absolute Gasteiger partial charge is 0.289 e. The SMILES string of the molecule is CCCCN(C)C(=O)c1nc(C(=O)Nc2ccc(C(C)C)cc2)c2n1CCCC2. The Bertz CT molecular complexity index is 868. The van der Waals surface area contributed by atoms with Crippen molar-refractivity contribution in [2.75, 3.05) is 18.9 Å². The van der Waals surface area contributed by atoms with Crippen LogP contribution in [0.25, 0.3) is 0 Å². The van der Waals surface area contributed by atoms with Gasteiger partial charge in [-0.3, -0.25) is 9.59 Å². The van der Waals surface area contributed by atoms with E-state index in [2.05, 4.69) is 31.1 Å². The molecular weight excluding hydrogens is 364 g/mol. The number of rotatable bonds is 7. The van der Waals surface area contributed by atoms with Gasteiger partial charge >= 0.3 is 0 Å². The number of fused-ring (bicyclic) bond motifs is 1. The Balaban J connectivity index is 1.84. The number of hydrogen-bond acceptors (Lipinski definition) is 3. The number of hydrogen-bond donors (Lipinski definition) is 1. The molecule has 0 fully saturated rings. The molecule has 0 atom stereocenters. The van der Waals surface area contributed by atoms with Crippen molar-refractivity contribution in [1.29, 1.82) is 0 Å². The van der Waals surface area contributed by atoms with Crippen LogP contribution in [0, 0.1) is 0 Å². The van der Waals surface area contributed by atoms with E-state index >= 15 is 0 Å². The molecule has 0 saturated carbocycles. The number of amides is 2. The van der Waals surface area contributed by atoms with E-state index in [1.165, 1.54) is 5.56 Å². The van der Waals surface area contributed by atoms with Gasteiger partial charge in [-0.05, 0) is 49.3 Å². The molecule has 0 saturated heterocycles. The molecule has 1 N–H and O–H groups in total. The molecule has 2 heterocycles. The first kappa shape index (κ1) is 21.1. The number of aromatic nitrogens is 2. The summed E-state index contributed by atoms with van der Waals surface area (Å²) in [4.78, 5) is 32.1. The normalized spacial score (nSPS) is 13.3. The van der Waals surface area contributed by atoms with Crippen LogP contribution < -0.4 is 5.32 Å². The van der Waals surface area contributed by atoms with Crippen molar-refractivity contribution in [3.8, 4) is 0 Å². The number of imidazole rings is 1. The Morgan fingerprint density at radius 3 is 2.59 bits per heavy atom. The number of carbonyl (C=O) groups is 2. The molecule has 0 bridgehead atoms. The standard InChI is InChI=1S/C23H32N4O2/c1-5-6-14-26(4)23(29)21-25-20(19-9-7-8-15-27(19)21)22(28)24-18-12-10-17(11-13-18)16(2)3/h10-13,16H,5-9,14-15H2,1-4H3,(H,24,28). The van der Waals surface area contributed by atoms with Gasteiger partial charge in [-0.2, -0.15) is 0 Å². The van der Waals surface area contributed by atoms with E-state index in [0.29, 0.717) is 24.0 Å². The van der Waals surface area contributed by atoms with E-state index < -0.39 is 0 Å². The lowest BCUT2D eigenvalue weighted by Gasteiger charge is -2.20. The van der Waals surface area contributed by atoms with Gasteiger partial charge in [0.2, 0.25) is 0 Å². The summed E-state index contributed by atoms with van der Waals surface area (Å²) < 4.78 is 1.95. The van der Waals surface area contributed by atoms with Crippen molar-refractivity contribution in [1.82, 2.24) is 14.5 Å². The summed E-state index contributed by atoms with van der Waals surface area (Å²) in [6.07, 6.45) is 4.76. The molecule has 156 valence electrons. The number of benzene rings is 1. The van der Waals surface area contributed by atoms with Gasteiger partial charge in [-0.15, -0.1) is 0 Å². The zero-order chi connectivity index (χ0) is 21.0. The molecule has 6 nitrogen and oxygen atoms in total. The van der Waals surface area contributed by atoms with Crippen LogP contribution >= 0.6 is 0 Å². The highest BCUT2D eigenvalue weighted by molar-refractivity contribution is 6.05. The molecular formula is C23H32N4O2. The summed E-state index contributed by atoms with van der Waals surface area (Å²) in [5.74, 6) is 0.474. The van der Waals surface area contributed by atoms with Gasteiger partial charge in [0.05, 0.1) is 5.69 Å². The highest BCUT2D eigenvalue weighted by Crippen LogP contribution is 2.23. The maximum Gasteiger partial charge on any atom is 0.289 e. The first-order chi connectivity index (χ1) is 13.9. The first-order valence-electron chi connectivity index (χ1n) is 10.7. The largest absolute Gasteiger partial charge is 0.339 e. The molecule has 1 aromatic carbocycles. The van der Waals surface area contributed by atoms with Gasteiger partial charge in [0.25, 0.3) is 11.8 Å². The number of nitrogens with zero attached hydrogens (tertiary/aromatic N) is 3. The molecule has 1 aliphatic rings.